The predicted octanol–water partition coefficient (Wildman–Crippen LogP) is -5.29. The first kappa shape index (κ1) is 37.7. The van der Waals surface area contributed by atoms with Crippen LogP contribution in [-0.2, 0) is 38.4 Å². The molecule has 1 aliphatic rings. The van der Waals surface area contributed by atoms with Crippen molar-refractivity contribution in [2.75, 3.05) is 19.8 Å². The molecule has 1 heterocycles. The van der Waals surface area contributed by atoms with Crippen LogP contribution in [-0.4, -0.2) is 129 Å². The molecule has 44 heavy (non-hydrogen) atoms. The lowest BCUT2D eigenvalue weighted by molar-refractivity contribution is -0.150. The maximum absolute atomic E-state index is 13.2. The number of aliphatic carboxylic acids is 2. The summed E-state index contributed by atoms with van der Waals surface area (Å²) in [6.07, 6.45) is -1.36. The Morgan fingerprint density at radius 2 is 1.39 bits per heavy atom. The Bertz CT molecular complexity index is 1100. The monoisotopic (exact) mass is 631 g/mol. The van der Waals surface area contributed by atoms with Gasteiger partial charge in [-0.25, -0.2) is 4.79 Å². The number of nitrogens with zero attached hydrogens (tertiary/aromatic N) is 1. The lowest BCUT2D eigenvalue weighted by Gasteiger charge is -2.29. The van der Waals surface area contributed by atoms with Crippen molar-refractivity contribution in [3.63, 3.8) is 0 Å². The van der Waals surface area contributed by atoms with E-state index in [0.29, 0.717) is 6.42 Å². The summed E-state index contributed by atoms with van der Waals surface area (Å²) in [7, 11) is 0. The van der Waals surface area contributed by atoms with Gasteiger partial charge in [-0.05, 0) is 25.2 Å². The number of aliphatic hydroxyl groups is 2. The summed E-state index contributed by atoms with van der Waals surface area (Å²) >= 11 is 0. The highest BCUT2D eigenvalue weighted by atomic mass is 16.4. The molecule has 0 aliphatic carbocycles. The topological polar surface area (TPSA) is 321 Å². The Morgan fingerprint density at radius 3 is 1.89 bits per heavy atom. The van der Waals surface area contributed by atoms with Crippen LogP contribution in [0.4, 0.5) is 0 Å². The Morgan fingerprint density at radius 1 is 0.818 bits per heavy atom. The molecule has 19 nitrogen and oxygen atoms in total. The van der Waals surface area contributed by atoms with E-state index in [4.69, 9.17) is 16.6 Å². The summed E-state index contributed by atoms with van der Waals surface area (Å²) in [5.74, 6) is -9.23. The third-order valence-electron chi connectivity index (χ3n) is 6.72. The van der Waals surface area contributed by atoms with Gasteiger partial charge in [0.15, 0.2) is 0 Å². The SMILES string of the molecule is CC(C)[C@H](NC(=O)[C@@H](N)CO)C(=O)N[C@@H](CO)C(=O)N[C@@H](CCC(N)=O)C(=O)N[C@@H](CC(=O)O)C(=O)N1CCC[C@H]1C(=O)O. The van der Waals surface area contributed by atoms with Crippen LogP contribution in [0.25, 0.3) is 0 Å². The molecule has 6 amide bonds. The summed E-state index contributed by atoms with van der Waals surface area (Å²) in [6.45, 7) is 1.44. The molecule has 0 spiro atoms. The van der Waals surface area contributed by atoms with Gasteiger partial charge in [0, 0.05) is 13.0 Å². The highest BCUT2D eigenvalue weighted by molar-refractivity contribution is 5.97. The molecular formula is C25H41N7O12. The normalized spacial score (nSPS) is 17.9. The molecule has 1 rings (SSSR count). The number of hydrogen-bond donors (Lipinski definition) is 10. The van der Waals surface area contributed by atoms with Crippen molar-refractivity contribution in [2.24, 2.45) is 17.4 Å². The van der Waals surface area contributed by atoms with Crippen molar-refractivity contribution < 1.29 is 58.8 Å². The summed E-state index contributed by atoms with van der Waals surface area (Å²) in [6, 6.07) is -8.85. The van der Waals surface area contributed by atoms with Gasteiger partial charge in [-0.1, -0.05) is 13.8 Å². The average molecular weight is 632 g/mol. The van der Waals surface area contributed by atoms with Crippen LogP contribution in [0.2, 0.25) is 0 Å². The molecular weight excluding hydrogens is 590 g/mol. The quantitative estimate of drug-likeness (QED) is 0.0676. The second-order valence-electron chi connectivity index (χ2n) is 10.5. The van der Waals surface area contributed by atoms with Crippen LogP contribution in [0, 0.1) is 5.92 Å². The van der Waals surface area contributed by atoms with Crippen LogP contribution >= 0.6 is 0 Å². The van der Waals surface area contributed by atoms with E-state index >= 15 is 0 Å². The highest BCUT2D eigenvalue weighted by Crippen LogP contribution is 2.19. The van der Waals surface area contributed by atoms with E-state index in [-0.39, 0.29) is 13.0 Å². The number of carbonyl (C=O) groups excluding carboxylic acids is 6. The number of nitrogens with two attached hydrogens (primary N) is 2. The number of carboxylic acid groups (broad SMARTS) is 2. The molecule has 19 heteroatoms. The predicted molar refractivity (Wildman–Crippen MR) is 148 cm³/mol. The van der Waals surface area contributed by atoms with Gasteiger partial charge in [0.1, 0.15) is 36.3 Å². The number of carbonyl (C=O) groups is 8. The number of aliphatic hydroxyl groups excluding tert-OH is 2. The van der Waals surface area contributed by atoms with Crippen molar-refractivity contribution in [3.05, 3.63) is 0 Å². The van der Waals surface area contributed by atoms with Gasteiger partial charge in [0.25, 0.3) is 0 Å². The van der Waals surface area contributed by atoms with Crippen molar-refractivity contribution in [3.8, 4) is 0 Å². The molecule has 248 valence electrons. The van der Waals surface area contributed by atoms with E-state index in [1.165, 1.54) is 0 Å². The molecule has 1 saturated heterocycles. The van der Waals surface area contributed by atoms with Gasteiger partial charge in [0.05, 0.1) is 19.6 Å². The minimum absolute atomic E-state index is 0.00523. The fourth-order valence-electron chi connectivity index (χ4n) is 4.30. The zero-order chi connectivity index (χ0) is 33.7. The largest absolute Gasteiger partial charge is 0.481 e. The average Bonchev–Trinajstić information content (AvgIpc) is 3.45. The van der Waals surface area contributed by atoms with Crippen LogP contribution in [0.15, 0.2) is 0 Å². The standard InChI is InChI=1S/C25H41N7O12/c1-11(2)19(31-20(38)12(26)9-33)23(41)30-15(10-34)22(40)28-13(5-6-17(27)35)21(39)29-14(8-18(36)37)24(42)32-7-3-4-16(32)25(43)44/h11-16,19,33-34H,3-10,26H2,1-2H3,(H2,27,35)(H,28,40)(H,29,39)(H,30,41)(H,31,38)(H,36,37)(H,43,44)/t12-,13-,14-,15-,16-,19-/m0/s1. The highest BCUT2D eigenvalue weighted by Gasteiger charge is 2.39. The lowest BCUT2D eigenvalue weighted by atomic mass is 10.0. The Balaban J connectivity index is 3.13. The Labute approximate surface area is 252 Å². The molecule has 0 aromatic heterocycles. The maximum Gasteiger partial charge on any atom is 0.326 e. The summed E-state index contributed by atoms with van der Waals surface area (Å²) in [5, 5.41) is 46.5. The lowest BCUT2D eigenvalue weighted by Crippen LogP contribution is -2.61. The van der Waals surface area contributed by atoms with Gasteiger partial charge in [-0.2, -0.15) is 0 Å². The molecule has 1 fully saturated rings. The van der Waals surface area contributed by atoms with Gasteiger partial charge >= 0.3 is 11.9 Å². The molecule has 0 unspecified atom stereocenters. The van der Waals surface area contributed by atoms with Crippen LogP contribution in [0.5, 0.6) is 0 Å². The zero-order valence-corrected chi connectivity index (χ0v) is 24.4. The number of carboxylic acids is 2. The molecule has 6 atom stereocenters. The number of rotatable bonds is 18. The van der Waals surface area contributed by atoms with E-state index < -0.39 is 122 Å². The number of amides is 6. The summed E-state index contributed by atoms with van der Waals surface area (Å²) in [4.78, 5) is 99.5. The maximum atomic E-state index is 13.2. The van der Waals surface area contributed by atoms with Crippen LogP contribution in [0.3, 0.4) is 0 Å². The Hall–Kier alpha value is -4.36. The number of hydrogen-bond acceptors (Lipinski definition) is 11. The Kier molecular flexibility index (Phi) is 15.1. The van der Waals surface area contributed by atoms with E-state index in [9.17, 15) is 53.7 Å². The summed E-state index contributed by atoms with van der Waals surface area (Å²) < 4.78 is 0. The van der Waals surface area contributed by atoms with Gasteiger partial charge in [0.2, 0.25) is 35.4 Å². The second kappa shape index (κ2) is 17.7. The van der Waals surface area contributed by atoms with Gasteiger partial charge in [-0.3, -0.25) is 33.6 Å². The molecule has 0 aromatic carbocycles. The van der Waals surface area contributed by atoms with Gasteiger partial charge < -0.3 is 58.1 Å². The molecule has 1 aliphatic heterocycles. The van der Waals surface area contributed by atoms with Gasteiger partial charge in [-0.15, -0.1) is 0 Å². The molecule has 0 aromatic rings. The molecule has 0 radical (unpaired) electrons. The van der Waals surface area contributed by atoms with E-state index in [1.54, 1.807) is 13.8 Å². The van der Waals surface area contributed by atoms with Crippen molar-refractivity contribution in [1.82, 2.24) is 26.2 Å². The van der Waals surface area contributed by atoms with Crippen molar-refractivity contribution in [2.45, 2.75) is 82.2 Å². The molecule has 12 N–H and O–H groups in total. The van der Waals surface area contributed by atoms with Crippen molar-refractivity contribution in [1.29, 1.82) is 0 Å². The molecule has 0 saturated carbocycles. The fraction of sp³-hybridized carbons (Fsp3) is 0.680. The summed E-state index contributed by atoms with van der Waals surface area (Å²) in [5.41, 5.74) is 10.6. The number of primary amides is 1. The molecule has 0 bridgehead atoms. The number of nitrogens with one attached hydrogen (secondary N) is 4. The minimum atomic E-state index is -1.73. The smallest absolute Gasteiger partial charge is 0.326 e. The minimum Gasteiger partial charge on any atom is -0.481 e. The third kappa shape index (κ3) is 11.4. The van der Waals surface area contributed by atoms with Crippen LogP contribution < -0.4 is 32.7 Å². The van der Waals surface area contributed by atoms with E-state index in [0.717, 1.165) is 4.90 Å². The van der Waals surface area contributed by atoms with Crippen molar-refractivity contribution >= 4 is 47.4 Å². The van der Waals surface area contributed by atoms with E-state index in [2.05, 4.69) is 21.3 Å². The zero-order valence-electron chi connectivity index (χ0n) is 24.4. The third-order valence-corrected chi connectivity index (χ3v) is 6.72. The van der Waals surface area contributed by atoms with Crippen LogP contribution in [0.1, 0.15) is 46.0 Å². The first-order chi connectivity index (χ1) is 20.5. The first-order valence-corrected chi connectivity index (χ1v) is 13.8. The number of likely N-dealkylation sites (tertiary alicyclic amines) is 1. The fourth-order valence-corrected chi connectivity index (χ4v) is 4.30. The second-order valence-corrected chi connectivity index (χ2v) is 10.5. The first-order valence-electron chi connectivity index (χ1n) is 13.8. The van der Waals surface area contributed by atoms with E-state index in [1.807, 2.05) is 0 Å².